The van der Waals surface area contributed by atoms with Gasteiger partial charge in [0, 0.05) is 12.8 Å². The quantitative estimate of drug-likeness (QED) is 0.696. The first kappa shape index (κ1) is 13.4. The van der Waals surface area contributed by atoms with Crippen molar-refractivity contribution in [1.82, 2.24) is 35.2 Å². The highest BCUT2D eigenvalue weighted by molar-refractivity contribution is 5.30. The maximum Gasteiger partial charge on any atom is 0.178 e. The molecule has 0 atom stereocenters. The lowest BCUT2D eigenvalue weighted by Crippen LogP contribution is -2.09. The average molecular weight is 285 g/mol. The molecule has 3 aromatic rings. The number of aliphatic hydroxyl groups excluding tert-OH is 1. The van der Waals surface area contributed by atoms with Gasteiger partial charge in [0.05, 0.1) is 11.4 Å². The number of para-hydroxylation sites is 1. The third-order valence-corrected chi connectivity index (χ3v) is 3.02. The molecule has 1 aromatic carbocycles. The van der Waals surface area contributed by atoms with Gasteiger partial charge in [-0.25, -0.2) is 4.68 Å². The zero-order valence-electron chi connectivity index (χ0n) is 11.4. The third kappa shape index (κ3) is 3.11. The molecule has 0 saturated heterocycles. The van der Waals surface area contributed by atoms with Crippen LogP contribution in [0.4, 0.5) is 0 Å². The second kappa shape index (κ2) is 6.23. The minimum atomic E-state index is 0.152. The van der Waals surface area contributed by atoms with Crippen LogP contribution in [0.5, 0.6) is 0 Å². The van der Waals surface area contributed by atoms with Crippen LogP contribution in [0.15, 0.2) is 36.5 Å². The number of aromatic nitrogens is 7. The molecule has 2 aromatic heterocycles. The fraction of sp³-hybridized carbons (Fsp3) is 0.308. The van der Waals surface area contributed by atoms with E-state index in [-0.39, 0.29) is 6.61 Å². The van der Waals surface area contributed by atoms with E-state index in [9.17, 15) is 0 Å². The van der Waals surface area contributed by atoms with Crippen LogP contribution in [-0.4, -0.2) is 46.9 Å². The molecule has 8 heteroatoms. The summed E-state index contributed by atoms with van der Waals surface area (Å²) in [6, 6.07) is 9.69. The molecule has 0 saturated carbocycles. The van der Waals surface area contributed by atoms with Crippen LogP contribution in [0.25, 0.3) is 5.69 Å². The number of hydrogen-bond donors (Lipinski definition) is 1. The summed E-state index contributed by atoms with van der Waals surface area (Å²) in [7, 11) is 0. The molecule has 0 spiro atoms. The predicted molar refractivity (Wildman–Crippen MR) is 73.7 cm³/mol. The van der Waals surface area contributed by atoms with E-state index < -0.39 is 0 Å². The van der Waals surface area contributed by atoms with E-state index in [0.29, 0.717) is 25.2 Å². The smallest absolute Gasteiger partial charge is 0.178 e. The minimum Gasteiger partial charge on any atom is -0.396 e. The zero-order valence-corrected chi connectivity index (χ0v) is 11.4. The Balaban J connectivity index is 1.77. The number of aliphatic hydroxyl groups is 1. The Morgan fingerprint density at radius 1 is 1.05 bits per heavy atom. The van der Waals surface area contributed by atoms with Crippen molar-refractivity contribution in [3.05, 3.63) is 48.0 Å². The number of aryl methyl sites for hydroxylation is 1. The second-order valence-electron chi connectivity index (χ2n) is 4.58. The maximum atomic E-state index is 8.82. The summed E-state index contributed by atoms with van der Waals surface area (Å²) in [6.45, 7) is 0.590. The summed E-state index contributed by atoms with van der Waals surface area (Å²) in [5.41, 5.74) is 1.75. The van der Waals surface area contributed by atoms with Crippen LogP contribution in [-0.2, 0) is 13.0 Å². The Bertz CT molecular complexity index is 691. The second-order valence-corrected chi connectivity index (χ2v) is 4.58. The molecule has 108 valence electrons. The molecule has 1 N–H and O–H groups in total. The summed E-state index contributed by atoms with van der Waals surface area (Å²) in [6.07, 6.45) is 3.24. The van der Waals surface area contributed by atoms with E-state index in [1.807, 2.05) is 36.5 Å². The highest BCUT2D eigenvalue weighted by Gasteiger charge is 2.10. The molecule has 0 unspecified atom stereocenters. The molecular formula is C13H15N7O. The van der Waals surface area contributed by atoms with Crippen molar-refractivity contribution in [1.29, 1.82) is 0 Å². The minimum absolute atomic E-state index is 0.152. The van der Waals surface area contributed by atoms with Gasteiger partial charge in [-0.1, -0.05) is 23.4 Å². The molecule has 21 heavy (non-hydrogen) atoms. The molecule has 0 aliphatic rings. The standard InChI is InChI=1S/C13H15N7O/c21-8-4-5-11-9-19(17-14-11)10-13-15-16-18-20(13)12-6-2-1-3-7-12/h1-3,6-7,9,21H,4-5,8,10H2. The van der Waals surface area contributed by atoms with Crippen molar-refractivity contribution < 1.29 is 5.11 Å². The van der Waals surface area contributed by atoms with Crippen LogP contribution in [0, 0.1) is 0 Å². The average Bonchev–Trinajstić information content (AvgIpc) is 3.16. The lowest BCUT2D eigenvalue weighted by atomic mass is 10.3. The first-order valence-corrected chi connectivity index (χ1v) is 6.69. The normalized spacial score (nSPS) is 10.9. The van der Waals surface area contributed by atoms with Crippen molar-refractivity contribution >= 4 is 0 Å². The predicted octanol–water partition coefficient (Wildman–Crippen LogP) is 0.227. The summed E-state index contributed by atoms with van der Waals surface area (Å²) < 4.78 is 3.37. The van der Waals surface area contributed by atoms with Crippen LogP contribution < -0.4 is 0 Å². The molecule has 0 bridgehead atoms. The Morgan fingerprint density at radius 3 is 2.71 bits per heavy atom. The number of benzene rings is 1. The molecule has 3 rings (SSSR count). The lowest BCUT2D eigenvalue weighted by molar-refractivity contribution is 0.288. The first-order chi connectivity index (χ1) is 10.4. The highest BCUT2D eigenvalue weighted by Crippen LogP contribution is 2.08. The Labute approximate surface area is 121 Å². The van der Waals surface area contributed by atoms with Gasteiger partial charge in [-0.15, -0.1) is 10.2 Å². The first-order valence-electron chi connectivity index (χ1n) is 6.69. The van der Waals surface area contributed by atoms with E-state index >= 15 is 0 Å². The molecule has 0 radical (unpaired) electrons. The fourth-order valence-corrected chi connectivity index (χ4v) is 2.01. The van der Waals surface area contributed by atoms with E-state index in [4.69, 9.17) is 5.11 Å². The molecular weight excluding hydrogens is 270 g/mol. The van der Waals surface area contributed by atoms with Crippen LogP contribution in [0.3, 0.4) is 0 Å². The molecule has 0 aliphatic heterocycles. The molecule has 0 aliphatic carbocycles. The Morgan fingerprint density at radius 2 is 1.90 bits per heavy atom. The van der Waals surface area contributed by atoms with Crippen molar-refractivity contribution in [2.45, 2.75) is 19.4 Å². The van der Waals surface area contributed by atoms with Gasteiger partial charge in [-0.2, -0.15) is 4.68 Å². The van der Waals surface area contributed by atoms with E-state index in [1.54, 1.807) is 9.36 Å². The van der Waals surface area contributed by atoms with Gasteiger partial charge in [0.2, 0.25) is 0 Å². The van der Waals surface area contributed by atoms with Crippen LogP contribution >= 0.6 is 0 Å². The van der Waals surface area contributed by atoms with Gasteiger partial charge in [0.25, 0.3) is 0 Å². The number of rotatable bonds is 6. The maximum absolute atomic E-state index is 8.82. The summed E-state index contributed by atoms with van der Waals surface area (Å²) >= 11 is 0. The summed E-state index contributed by atoms with van der Waals surface area (Å²) in [5, 5.41) is 28.7. The van der Waals surface area contributed by atoms with Crippen molar-refractivity contribution in [3.8, 4) is 5.69 Å². The van der Waals surface area contributed by atoms with Gasteiger partial charge in [0.15, 0.2) is 5.82 Å². The van der Waals surface area contributed by atoms with E-state index in [2.05, 4.69) is 25.8 Å². The van der Waals surface area contributed by atoms with Gasteiger partial charge >= 0.3 is 0 Å². The van der Waals surface area contributed by atoms with Gasteiger partial charge < -0.3 is 5.11 Å². The number of nitrogens with zero attached hydrogens (tertiary/aromatic N) is 7. The summed E-state index contributed by atoms with van der Waals surface area (Å²) in [5.74, 6) is 0.680. The van der Waals surface area contributed by atoms with E-state index in [1.165, 1.54) is 0 Å². The third-order valence-electron chi connectivity index (χ3n) is 3.02. The Hall–Kier alpha value is -2.61. The van der Waals surface area contributed by atoms with Crippen LogP contribution in [0.2, 0.25) is 0 Å². The highest BCUT2D eigenvalue weighted by atomic mass is 16.2. The molecule has 0 fully saturated rings. The fourth-order valence-electron chi connectivity index (χ4n) is 2.01. The number of hydrogen-bond acceptors (Lipinski definition) is 6. The van der Waals surface area contributed by atoms with Crippen molar-refractivity contribution in [2.24, 2.45) is 0 Å². The SMILES string of the molecule is OCCCc1cn(Cc2nnnn2-c2ccccc2)nn1. The number of tetrazole rings is 1. The topological polar surface area (TPSA) is 94.5 Å². The van der Waals surface area contributed by atoms with E-state index in [0.717, 1.165) is 11.4 Å². The van der Waals surface area contributed by atoms with Crippen molar-refractivity contribution in [3.63, 3.8) is 0 Å². The molecule has 0 amide bonds. The summed E-state index contributed by atoms with van der Waals surface area (Å²) in [4.78, 5) is 0. The largest absolute Gasteiger partial charge is 0.396 e. The van der Waals surface area contributed by atoms with Gasteiger partial charge in [-0.3, -0.25) is 0 Å². The van der Waals surface area contributed by atoms with Gasteiger partial charge in [-0.05, 0) is 35.4 Å². The lowest BCUT2D eigenvalue weighted by Gasteiger charge is -2.03. The molecule has 2 heterocycles. The monoisotopic (exact) mass is 285 g/mol. The van der Waals surface area contributed by atoms with Gasteiger partial charge in [0.1, 0.15) is 6.54 Å². The van der Waals surface area contributed by atoms with Crippen LogP contribution in [0.1, 0.15) is 17.9 Å². The van der Waals surface area contributed by atoms with Crippen molar-refractivity contribution in [2.75, 3.05) is 6.61 Å². The molecule has 8 nitrogen and oxygen atoms in total. The Kier molecular flexibility index (Phi) is 3.97. The zero-order chi connectivity index (χ0) is 14.5.